The number of esters is 1. The van der Waals surface area contributed by atoms with Crippen molar-refractivity contribution in [2.75, 3.05) is 26.3 Å². The number of carbonyl (C=O) groups excluding carboxylic acids is 3. The Labute approximate surface area is 202 Å². The van der Waals surface area contributed by atoms with E-state index in [0.717, 1.165) is 25.7 Å². The molecule has 2 amide bonds. The summed E-state index contributed by atoms with van der Waals surface area (Å²) in [6.07, 6.45) is 5.66. The standard InChI is InChI=1S/C25H40N2O5S/c1-6-9-13-26(12-7-2)23(30)21-25-11-10-18(33-25)19(24(31)32-8-3)20(25)22(29)27(21)17(15-28)14-16(4)5/h7,16-21,28H,2,6,8-15H2,1,3-5H3/t17-,18-,19+,20+,21?,25?/m1/s1. The Morgan fingerprint density at radius 3 is 2.70 bits per heavy atom. The second-order valence-corrected chi connectivity index (χ2v) is 11.5. The fourth-order valence-electron chi connectivity index (χ4n) is 6.06. The summed E-state index contributed by atoms with van der Waals surface area (Å²) in [5.74, 6) is -1.45. The van der Waals surface area contributed by atoms with Crippen LogP contribution in [0.5, 0.6) is 0 Å². The van der Waals surface area contributed by atoms with Crippen LogP contribution in [-0.4, -0.2) is 81.1 Å². The molecule has 0 saturated carbocycles. The summed E-state index contributed by atoms with van der Waals surface area (Å²) >= 11 is 1.64. The van der Waals surface area contributed by atoms with Gasteiger partial charge in [-0.25, -0.2) is 0 Å². The van der Waals surface area contributed by atoms with Gasteiger partial charge in [-0.2, -0.15) is 0 Å². The molecule has 0 aromatic carbocycles. The Morgan fingerprint density at radius 1 is 1.39 bits per heavy atom. The maximum absolute atomic E-state index is 14.1. The molecule has 2 bridgehead atoms. The van der Waals surface area contributed by atoms with Gasteiger partial charge in [0.2, 0.25) is 11.8 Å². The van der Waals surface area contributed by atoms with Crippen LogP contribution in [0.3, 0.4) is 0 Å². The summed E-state index contributed by atoms with van der Waals surface area (Å²) in [5.41, 5.74) is 0. The first-order valence-corrected chi connectivity index (χ1v) is 13.3. The predicted octanol–water partition coefficient (Wildman–Crippen LogP) is 2.86. The quantitative estimate of drug-likeness (QED) is 0.341. The topological polar surface area (TPSA) is 87.2 Å². The van der Waals surface area contributed by atoms with Crippen LogP contribution in [0.1, 0.15) is 59.8 Å². The molecule has 0 aliphatic carbocycles. The average molecular weight is 481 g/mol. The Kier molecular flexibility index (Phi) is 8.54. The molecule has 2 unspecified atom stereocenters. The third-order valence-electron chi connectivity index (χ3n) is 7.32. The van der Waals surface area contributed by atoms with Crippen LogP contribution in [0.2, 0.25) is 0 Å². The smallest absolute Gasteiger partial charge is 0.310 e. The van der Waals surface area contributed by atoms with E-state index in [9.17, 15) is 19.5 Å². The number of nitrogens with zero attached hydrogens (tertiary/aromatic N) is 2. The zero-order valence-corrected chi connectivity index (χ0v) is 21.3. The number of hydrogen-bond donors (Lipinski definition) is 1. The molecule has 0 aromatic rings. The van der Waals surface area contributed by atoms with Gasteiger partial charge < -0.3 is 19.6 Å². The number of aliphatic hydroxyl groups is 1. The number of unbranched alkanes of at least 4 members (excludes halogenated alkanes) is 1. The van der Waals surface area contributed by atoms with Crippen LogP contribution < -0.4 is 0 Å². The Bertz CT molecular complexity index is 759. The molecule has 3 aliphatic rings. The van der Waals surface area contributed by atoms with Gasteiger partial charge >= 0.3 is 5.97 Å². The number of rotatable bonds is 12. The minimum absolute atomic E-state index is 0.00313. The molecule has 3 heterocycles. The lowest BCUT2D eigenvalue weighted by Gasteiger charge is -2.40. The summed E-state index contributed by atoms with van der Waals surface area (Å²) in [4.78, 5) is 44.5. The van der Waals surface area contributed by atoms with E-state index < -0.39 is 28.7 Å². The number of hydrogen-bond acceptors (Lipinski definition) is 6. The van der Waals surface area contributed by atoms with E-state index in [0.29, 0.717) is 19.5 Å². The Hall–Kier alpha value is -1.54. The zero-order valence-electron chi connectivity index (χ0n) is 20.5. The lowest BCUT2D eigenvalue weighted by Crippen LogP contribution is -2.57. The monoisotopic (exact) mass is 480 g/mol. The number of amides is 2. The molecule has 3 fully saturated rings. The number of fused-ring (bicyclic) bond motifs is 1. The van der Waals surface area contributed by atoms with Crippen molar-refractivity contribution in [1.29, 1.82) is 0 Å². The minimum atomic E-state index is -0.683. The molecule has 0 aromatic heterocycles. The third-order valence-corrected chi connectivity index (χ3v) is 9.27. The molecule has 33 heavy (non-hydrogen) atoms. The van der Waals surface area contributed by atoms with E-state index in [4.69, 9.17) is 4.74 Å². The van der Waals surface area contributed by atoms with Crippen LogP contribution in [0.25, 0.3) is 0 Å². The van der Waals surface area contributed by atoms with Crippen molar-refractivity contribution in [3.05, 3.63) is 12.7 Å². The first kappa shape index (κ1) is 26.1. The summed E-state index contributed by atoms with van der Waals surface area (Å²) < 4.78 is 4.73. The minimum Gasteiger partial charge on any atom is -0.466 e. The number of ether oxygens (including phenoxy) is 1. The van der Waals surface area contributed by atoms with E-state index in [1.54, 1.807) is 34.6 Å². The molecule has 1 N–H and O–H groups in total. The van der Waals surface area contributed by atoms with E-state index in [1.165, 1.54) is 0 Å². The highest BCUT2D eigenvalue weighted by atomic mass is 32.2. The molecule has 186 valence electrons. The molecule has 3 rings (SSSR count). The first-order chi connectivity index (χ1) is 15.8. The van der Waals surface area contributed by atoms with Gasteiger partial charge in [0.15, 0.2) is 0 Å². The van der Waals surface area contributed by atoms with E-state index >= 15 is 0 Å². The Morgan fingerprint density at radius 2 is 2.12 bits per heavy atom. The van der Waals surface area contributed by atoms with Crippen LogP contribution in [0.15, 0.2) is 12.7 Å². The van der Waals surface area contributed by atoms with Gasteiger partial charge in [0.1, 0.15) is 6.04 Å². The summed E-state index contributed by atoms with van der Waals surface area (Å²) in [7, 11) is 0. The first-order valence-electron chi connectivity index (χ1n) is 12.4. The summed E-state index contributed by atoms with van der Waals surface area (Å²) in [5, 5.41) is 10.3. The highest BCUT2D eigenvalue weighted by molar-refractivity contribution is 8.02. The van der Waals surface area contributed by atoms with Crippen LogP contribution >= 0.6 is 11.8 Å². The number of aliphatic hydroxyl groups excluding tert-OH is 1. The molecular formula is C25H40N2O5S. The van der Waals surface area contributed by atoms with Gasteiger partial charge in [-0.3, -0.25) is 14.4 Å². The largest absolute Gasteiger partial charge is 0.466 e. The van der Waals surface area contributed by atoms with Crippen LogP contribution in [0.4, 0.5) is 0 Å². The molecular weight excluding hydrogens is 440 g/mol. The summed E-state index contributed by atoms with van der Waals surface area (Å²) in [6.45, 7) is 12.9. The van der Waals surface area contributed by atoms with E-state index in [2.05, 4.69) is 13.5 Å². The van der Waals surface area contributed by atoms with Gasteiger partial charge in [-0.05, 0) is 38.5 Å². The highest BCUT2D eigenvalue weighted by Gasteiger charge is 2.74. The normalized spacial score (nSPS) is 31.1. The van der Waals surface area contributed by atoms with Gasteiger partial charge in [-0.1, -0.05) is 33.3 Å². The van der Waals surface area contributed by atoms with Crippen molar-refractivity contribution in [3.8, 4) is 0 Å². The lowest BCUT2D eigenvalue weighted by molar-refractivity contribution is -0.154. The fraction of sp³-hybridized carbons (Fsp3) is 0.800. The van der Waals surface area contributed by atoms with Gasteiger partial charge in [0, 0.05) is 18.3 Å². The lowest BCUT2D eigenvalue weighted by atomic mass is 9.71. The van der Waals surface area contributed by atoms with Crippen molar-refractivity contribution in [3.63, 3.8) is 0 Å². The van der Waals surface area contributed by atoms with Gasteiger partial charge in [0.25, 0.3) is 0 Å². The predicted molar refractivity (Wildman–Crippen MR) is 130 cm³/mol. The van der Waals surface area contributed by atoms with Gasteiger partial charge in [0.05, 0.1) is 35.8 Å². The second-order valence-electron chi connectivity index (χ2n) is 9.95. The summed E-state index contributed by atoms with van der Waals surface area (Å²) in [6, 6.07) is -1.14. The second kappa shape index (κ2) is 10.8. The molecule has 0 radical (unpaired) electrons. The average Bonchev–Trinajstić information content (AvgIpc) is 3.42. The third kappa shape index (κ3) is 4.57. The highest BCUT2D eigenvalue weighted by Crippen LogP contribution is 2.67. The van der Waals surface area contributed by atoms with Crippen LogP contribution in [-0.2, 0) is 19.1 Å². The number of likely N-dealkylation sites (tertiary alicyclic amines) is 1. The van der Waals surface area contributed by atoms with Crippen molar-refractivity contribution >= 4 is 29.5 Å². The molecule has 1 spiro atoms. The molecule has 7 nitrogen and oxygen atoms in total. The fourth-order valence-corrected chi connectivity index (χ4v) is 8.25. The number of carbonyl (C=O) groups is 3. The number of thioether (sulfide) groups is 1. The maximum atomic E-state index is 14.1. The maximum Gasteiger partial charge on any atom is 0.310 e. The van der Waals surface area contributed by atoms with Gasteiger partial charge in [-0.15, -0.1) is 18.3 Å². The molecule has 6 atom stereocenters. The molecule has 8 heteroatoms. The van der Waals surface area contributed by atoms with Crippen molar-refractivity contribution in [2.24, 2.45) is 17.8 Å². The zero-order chi connectivity index (χ0) is 24.3. The Balaban J connectivity index is 2.06. The molecule has 3 saturated heterocycles. The van der Waals surface area contributed by atoms with Crippen molar-refractivity contribution < 1.29 is 24.2 Å². The SMILES string of the molecule is C=CCN(CCCC)C(=O)C1N([C@@H](CO)CC(C)C)C(=O)[C@@H]2[C@@H](C(=O)OCC)[C@H]3CCC12S3. The molecule has 3 aliphatic heterocycles. The van der Waals surface area contributed by atoms with E-state index in [-0.39, 0.29) is 42.2 Å². The van der Waals surface area contributed by atoms with E-state index in [1.807, 2.05) is 13.8 Å². The van der Waals surface area contributed by atoms with Crippen molar-refractivity contribution in [2.45, 2.75) is 81.9 Å². The van der Waals surface area contributed by atoms with Crippen LogP contribution in [0, 0.1) is 17.8 Å². The van der Waals surface area contributed by atoms with Crippen molar-refractivity contribution in [1.82, 2.24) is 9.80 Å².